The number of carbonyl (C=O) groups is 1. The molecule has 0 atom stereocenters. The van der Waals surface area contributed by atoms with Gasteiger partial charge in [-0.1, -0.05) is 18.2 Å². The molecular formula is C18H16N6O2. The van der Waals surface area contributed by atoms with Crippen molar-refractivity contribution in [1.29, 1.82) is 0 Å². The van der Waals surface area contributed by atoms with E-state index in [1.165, 1.54) is 0 Å². The fourth-order valence-electron chi connectivity index (χ4n) is 2.63. The molecule has 2 aromatic heterocycles. The van der Waals surface area contributed by atoms with Crippen LogP contribution in [0.3, 0.4) is 0 Å². The molecule has 0 spiro atoms. The van der Waals surface area contributed by atoms with E-state index in [4.69, 9.17) is 4.74 Å². The van der Waals surface area contributed by atoms with Crippen LogP contribution < -0.4 is 10.1 Å². The lowest BCUT2D eigenvalue weighted by Gasteiger charge is -2.01. The highest BCUT2D eigenvalue weighted by Gasteiger charge is 2.14. The van der Waals surface area contributed by atoms with Crippen molar-refractivity contribution in [3.05, 3.63) is 60.0 Å². The summed E-state index contributed by atoms with van der Waals surface area (Å²) in [5.41, 5.74) is 2.03. The van der Waals surface area contributed by atoms with Crippen LogP contribution in [-0.4, -0.2) is 38.4 Å². The molecule has 0 aliphatic carbocycles. The molecule has 8 heteroatoms. The summed E-state index contributed by atoms with van der Waals surface area (Å²) in [7, 11) is 1.62. The Balaban J connectivity index is 1.45. The number of H-pyrrole nitrogens is 2. The maximum Gasteiger partial charge on any atom is 0.272 e. The normalized spacial score (nSPS) is 10.8. The summed E-state index contributed by atoms with van der Waals surface area (Å²) in [6.07, 6.45) is 0. The summed E-state index contributed by atoms with van der Waals surface area (Å²) in [6, 6.07) is 14.9. The Kier molecular flexibility index (Phi) is 4.06. The van der Waals surface area contributed by atoms with E-state index in [0.29, 0.717) is 17.3 Å². The van der Waals surface area contributed by atoms with E-state index < -0.39 is 0 Å². The van der Waals surface area contributed by atoms with Gasteiger partial charge in [-0.25, -0.2) is 4.98 Å². The molecule has 130 valence electrons. The van der Waals surface area contributed by atoms with Crippen LogP contribution in [0.5, 0.6) is 5.75 Å². The van der Waals surface area contributed by atoms with Crippen LogP contribution in [0, 0.1) is 0 Å². The first-order valence-electron chi connectivity index (χ1n) is 8.01. The van der Waals surface area contributed by atoms with Gasteiger partial charge in [-0.15, -0.1) is 0 Å². The number of hydrogen-bond donors (Lipinski definition) is 3. The number of para-hydroxylation sites is 1. The van der Waals surface area contributed by atoms with Gasteiger partial charge in [0.05, 0.1) is 19.2 Å². The summed E-state index contributed by atoms with van der Waals surface area (Å²) in [5.74, 6) is 1.61. The highest BCUT2D eigenvalue weighted by atomic mass is 16.5. The molecule has 2 heterocycles. The van der Waals surface area contributed by atoms with E-state index in [2.05, 4.69) is 30.7 Å². The third kappa shape index (κ3) is 3.00. The second-order valence-electron chi connectivity index (χ2n) is 5.63. The van der Waals surface area contributed by atoms with E-state index in [1.54, 1.807) is 7.11 Å². The van der Waals surface area contributed by atoms with Gasteiger partial charge in [-0.3, -0.25) is 15.0 Å². The molecule has 0 unspecified atom stereocenters. The fourth-order valence-corrected chi connectivity index (χ4v) is 2.63. The molecule has 4 rings (SSSR count). The number of fused-ring (bicyclic) bond motifs is 1. The first-order chi connectivity index (χ1) is 12.7. The quantitative estimate of drug-likeness (QED) is 0.513. The van der Waals surface area contributed by atoms with E-state index in [-0.39, 0.29) is 12.5 Å². The number of aromatic amines is 2. The molecule has 2 aromatic carbocycles. The lowest BCUT2D eigenvalue weighted by molar-refractivity contribution is 0.0946. The number of nitrogens with zero attached hydrogens (tertiary/aromatic N) is 3. The third-order valence-corrected chi connectivity index (χ3v) is 3.98. The van der Waals surface area contributed by atoms with Gasteiger partial charge in [0.15, 0.2) is 11.5 Å². The van der Waals surface area contributed by atoms with Gasteiger partial charge in [0.2, 0.25) is 0 Å². The Morgan fingerprint density at radius 2 is 1.88 bits per heavy atom. The summed E-state index contributed by atoms with van der Waals surface area (Å²) < 4.78 is 5.14. The number of methoxy groups -OCH3 is 1. The second kappa shape index (κ2) is 6.67. The Bertz CT molecular complexity index is 1050. The number of nitrogens with one attached hydrogen (secondary N) is 3. The molecule has 0 saturated carbocycles. The Hall–Kier alpha value is -3.68. The predicted molar refractivity (Wildman–Crippen MR) is 95.6 cm³/mol. The minimum atomic E-state index is -0.273. The third-order valence-electron chi connectivity index (χ3n) is 3.98. The average molecular weight is 348 g/mol. The lowest BCUT2D eigenvalue weighted by Crippen LogP contribution is -2.24. The van der Waals surface area contributed by atoms with Crippen LogP contribution in [0.4, 0.5) is 0 Å². The first kappa shape index (κ1) is 15.8. The lowest BCUT2D eigenvalue weighted by atomic mass is 10.2. The molecule has 0 aliphatic heterocycles. The molecule has 4 aromatic rings. The smallest absolute Gasteiger partial charge is 0.272 e. The summed E-state index contributed by atoms with van der Waals surface area (Å²) >= 11 is 0. The van der Waals surface area contributed by atoms with E-state index >= 15 is 0 Å². The van der Waals surface area contributed by atoms with Crippen molar-refractivity contribution in [3.63, 3.8) is 0 Å². The number of benzene rings is 2. The minimum Gasteiger partial charge on any atom is -0.497 e. The van der Waals surface area contributed by atoms with Crippen molar-refractivity contribution >= 4 is 16.8 Å². The largest absolute Gasteiger partial charge is 0.497 e. The maximum absolute atomic E-state index is 12.4. The number of aromatic nitrogens is 5. The van der Waals surface area contributed by atoms with Gasteiger partial charge in [0.1, 0.15) is 11.6 Å². The molecular weight excluding hydrogens is 332 g/mol. The topological polar surface area (TPSA) is 109 Å². The van der Waals surface area contributed by atoms with Crippen molar-refractivity contribution in [3.8, 4) is 17.1 Å². The Morgan fingerprint density at radius 3 is 2.69 bits per heavy atom. The second-order valence-corrected chi connectivity index (χ2v) is 5.63. The van der Waals surface area contributed by atoms with Gasteiger partial charge < -0.3 is 10.1 Å². The van der Waals surface area contributed by atoms with Crippen molar-refractivity contribution in [2.24, 2.45) is 0 Å². The SMILES string of the molecule is COc1ccc(-c2n[nH]c(CNC(=O)c3n[nH]c4ccccc34)n2)cc1. The van der Waals surface area contributed by atoms with Crippen molar-refractivity contribution in [1.82, 2.24) is 30.7 Å². The molecule has 0 radical (unpaired) electrons. The van der Waals surface area contributed by atoms with Crippen LogP contribution in [0.2, 0.25) is 0 Å². The van der Waals surface area contributed by atoms with E-state index in [9.17, 15) is 4.79 Å². The van der Waals surface area contributed by atoms with Gasteiger partial charge in [-0.2, -0.15) is 10.2 Å². The number of carbonyl (C=O) groups excluding carboxylic acids is 1. The van der Waals surface area contributed by atoms with Gasteiger partial charge in [0, 0.05) is 10.9 Å². The first-order valence-corrected chi connectivity index (χ1v) is 8.01. The zero-order valence-electron chi connectivity index (χ0n) is 14.0. The maximum atomic E-state index is 12.4. The molecule has 1 amide bonds. The van der Waals surface area contributed by atoms with Crippen LogP contribution in [-0.2, 0) is 6.54 Å². The number of hydrogen-bond acceptors (Lipinski definition) is 5. The molecule has 26 heavy (non-hydrogen) atoms. The van der Waals surface area contributed by atoms with Gasteiger partial charge >= 0.3 is 0 Å². The van der Waals surface area contributed by atoms with E-state index in [0.717, 1.165) is 22.2 Å². The summed E-state index contributed by atoms with van der Waals surface area (Å²) in [6.45, 7) is 0.225. The van der Waals surface area contributed by atoms with E-state index in [1.807, 2.05) is 48.5 Å². The number of ether oxygens (including phenoxy) is 1. The minimum absolute atomic E-state index is 0.225. The molecule has 0 aliphatic rings. The van der Waals surface area contributed by atoms with Gasteiger partial charge in [-0.05, 0) is 30.3 Å². The summed E-state index contributed by atoms with van der Waals surface area (Å²) in [5, 5.41) is 17.5. The van der Waals surface area contributed by atoms with Crippen LogP contribution >= 0.6 is 0 Å². The zero-order valence-corrected chi connectivity index (χ0v) is 14.0. The monoisotopic (exact) mass is 348 g/mol. The van der Waals surface area contributed by atoms with Crippen LogP contribution in [0.1, 0.15) is 16.3 Å². The zero-order chi connectivity index (χ0) is 17.9. The predicted octanol–water partition coefficient (Wildman–Crippen LogP) is 2.29. The molecule has 3 N–H and O–H groups in total. The number of rotatable bonds is 5. The van der Waals surface area contributed by atoms with Crippen molar-refractivity contribution in [2.45, 2.75) is 6.54 Å². The van der Waals surface area contributed by atoms with Crippen LogP contribution in [0.25, 0.3) is 22.3 Å². The molecule has 0 bridgehead atoms. The van der Waals surface area contributed by atoms with Crippen molar-refractivity contribution < 1.29 is 9.53 Å². The van der Waals surface area contributed by atoms with Crippen LogP contribution in [0.15, 0.2) is 48.5 Å². The average Bonchev–Trinajstić information content (AvgIpc) is 3.33. The van der Waals surface area contributed by atoms with Gasteiger partial charge in [0.25, 0.3) is 5.91 Å². The highest BCUT2D eigenvalue weighted by Crippen LogP contribution is 2.19. The highest BCUT2D eigenvalue weighted by molar-refractivity contribution is 6.04. The number of amides is 1. The van der Waals surface area contributed by atoms with Crippen molar-refractivity contribution in [2.75, 3.05) is 7.11 Å². The standard InChI is InChI=1S/C18H16N6O2/c1-26-12-8-6-11(7-9-12)17-20-15(22-24-17)10-19-18(25)16-13-4-2-3-5-14(13)21-23-16/h2-9H,10H2,1H3,(H,19,25)(H,21,23)(H,20,22,24). The summed E-state index contributed by atoms with van der Waals surface area (Å²) in [4.78, 5) is 16.8. The molecule has 0 fully saturated rings. The molecule has 0 saturated heterocycles. The Labute approximate surface area is 148 Å². The Morgan fingerprint density at radius 1 is 1.08 bits per heavy atom. The fraction of sp³-hybridized carbons (Fsp3) is 0.111. The molecule has 8 nitrogen and oxygen atoms in total.